The van der Waals surface area contributed by atoms with Crippen molar-refractivity contribution in [1.82, 2.24) is 15.0 Å². The van der Waals surface area contributed by atoms with Gasteiger partial charge in [-0.15, -0.1) is 11.3 Å². The average Bonchev–Trinajstić information content (AvgIpc) is 3.23. The van der Waals surface area contributed by atoms with Crippen LogP contribution in [-0.2, 0) is 0 Å². The van der Waals surface area contributed by atoms with Crippen molar-refractivity contribution in [1.29, 1.82) is 0 Å². The molecule has 0 radical (unpaired) electrons. The minimum atomic E-state index is -0.321. The normalized spacial score (nSPS) is 11.0. The average molecular weight is 411 g/mol. The molecule has 2 N–H and O–H groups in total. The topological polar surface area (TPSA) is 79.8 Å². The Balaban J connectivity index is 1.54. The highest BCUT2D eigenvalue weighted by molar-refractivity contribution is 7.16. The van der Waals surface area contributed by atoms with Gasteiger partial charge in [0.2, 0.25) is 0 Å². The SMILES string of the molecule is Cc1ccc(NC(=O)c2nc3ccccc3nc2Nc2ccc3ncsc3c2)cc1. The Morgan fingerprint density at radius 2 is 1.60 bits per heavy atom. The van der Waals surface area contributed by atoms with Gasteiger partial charge >= 0.3 is 0 Å². The fourth-order valence-corrected chi connectivity index (χ4v) is 3.86. The Morgan fingerprint density at radius 3 is 2.40 bits per heavy atom. The van der Waals surface area contributed by atoms with E-state index in [4.69, 9.17) is 0 Å². The van der Waals surface area contributed by atoms with Crippen molar-refractivity contribution in [3.63, 3.8) is 0 Å². The van der Waals surface area contributed by atoms with Crippen molar-refractivity contribution in [3.8, 4) is 0 Å². The number of nitrogens with zero attached hydrogens (tertiary/aromatic N) is 3. The molecule has 1 amide bonds. The van der Waals surface area contributed by atoms with Crippen molar-refractivity contribution in [2.45, 2.75) is 6.92 Å². The third-order valence-corrected chi connectivity index (χ3v) is 5.48. The van der Waals surface area contributed by atoms with E-state index in [2.05, 4.69) is 25.6 Å². The minimum Gasteiger partial charge on any atom is -0.338 e. The van der Waals surface area contributed by atoms with Gasteiger partial charge in [-0.05, 0) is 49.4 Å². The van der Waals surface area contributed by atoms with Crippen molar-refractivity contribution < 1.29 is 4.79 Å². The maximum Gasteiger partial charge on any atom is 0.278 e. The molecule has 5 aromatic rings. The molecular weight excluding hydrogens is 394 g/mol. The van der Waals surface area contributed by atoms with Crippen LogP contribution in [0.4, 0.5) is 17.2 Å². The third kappa shape index (κ3) is 3.58. The van der Waals surface area contributed by atoms with E-state index in [1.165, 1.54) is 0 Å². The summed E-state index contributed by atoms with van der Waals surface area (Å²) in [5.41, 5.74) is 7.01. The largest absolute Gasteiger partial charge is 0.338 e. The summed E-state index contributed by atoms with van der Waals surface area (Å²) in [7, 11) is 0. The first-order valence-corrected chi connectivity index (χ1v) is 10.3. The zero-order chi connectivity index (χ0) is 20.5. The highest BCUT2D eigenvalue weighted by Gasteiger charge is 2.17. The molecule has 30 heavy (non-hydrogen) atoms. The van der Waals surface area contributed by atoms with Crippen LogP contribution in [0.5, 0.6) is 0 Å². The summed E-state index contributed by atoms with van der Waals surface area (Å²) in [6.45, 7) is 2.00. The molecule has 7 heteroatoms. The maximum atomic E-state index is 13.1. The third-order valence-electron chi connectivity index (χ3n) is 4.69. The highest BCUT2D eigenvalue weighted by atomic mass is 32.1. The van der Waals surface area contributed by atoms with Gasteiger partial charge in [0.15, 0.2) is 11.5 Å². The number of hydrogen-bond acceptors (Lipinski definition) is 6. The van der Waals surface area contributed by atoms with Gasteiger partial charge < -0.3 is 10.6 Å². The Kier molecular flexibility index (Phi) is 4.57. The van der Waals surface area contributed by atoms with Crippen LogP contribution in [0.1, 0.15) is 16.1 Å². The lowest BCUT2D eigenvalue weighted by Gasteiger charge is -2.12. The Labute approximate surface area is 176 Å². The van der Waals surface area contributed by atoms with E-state index < -0.39 is 0 Å². The second kappa shape index (κ2) is 7.53. The van der Waals surface area contributed by atoms with E-state index in [0.29, 0.717) is 22.5 Å². The van der Waals surface area contributed by atoms with E-state index in [0.717, 1.165) is 21.5 Å². The van der Waals surface area contributed by atoms with Crippen LogP contribution in [0.15, 0.2) is 72.2 Å². The number of carbonyl (C=O) groups is 1. The number of rotatable bonds is 4. The molecule has 6 nitrogen and oxygen atoms in total. The molecule has 2 heterocycles. The summed E-state index contributed by atoms with van der Waals surface area (Å²) in [5, 5.41) is 6.18. The second-order valence-corrected chi connectivity index (χ2v) is 7.78. The number of thiazole rings is 1. The van der Waals surface area contributed by atoms with Crippen LogP contribution in [0.25, 0.3) is 21.3 Å². The fourth-order valence-electron chi connectivity index (χ4n) is 3.14. The summed E-state index contributed by atoms with van der Waals surface area (Å²) in [6.07, 6.45) is 0. The van der Waals surface area contributed by atoms with Crippen LogP contribution in [0, 0.1) is 6.92 Å². The van der Waals surface area contributed by atoms with Gasteiger partial charge in [0.25, 0.3) is 5.91 Å². The molecule has 0 atom stereocenters. The molecule has 0 spiro atoms. The van der Waals surface area contributed by atoms with E-state index in [1.54, 1.807) is 11.3 Å². The number of benzene rings is 3. The van der Waals surface area contributed by atoms with E-state index >= 15 is 0 Å². The monoisotopic (exact) mass is 411 g/mol. The van der Waals surface area contributed by atoms with E-state index in [-0.39, 0.29) is 11.6 Å². The molecule has 0 unspecified atom stereocenters. The quantitative estimate of drug-likeness (QED) is 0.406. The van der Waals surface area contributed by atoms with Crippen molar-refractivity contribution >= 4 is 55.7 Å². The molecule has 3 aromatic carbocycles. The van der Waals surface area contributed by atoms with Gasteiger partial charge in [-0.3, -0.25) is 4.79 Å². The molecule has 2 aromatic heterocycles. The molecule has 5 rings (SSSR count). The summed E-state index contributed by atoms with van der Waals surface area (Å²) < 4.78 is 1.06. The Hall–Kier alpha value is -3.84. The Morgan fingerprint density at radius 1 is 0.867 bits per heavy atom. The zero-order valence-electron chi connectivity index (χ0n) is 16.1. The summed E-state index contributed by atoms with van der Waals surface area (Å²) in [4.78, 5) is 26.6. The van der Waals surface area contributed by atoms with Crippen molar-refractivity contribution in [3.05, 3.63) is 83.5 Å². The van der Waals surface area contributed by atoms with Gasteiger partial charge in [-0.25, -0.2) is 15.0 Å². The number of anilines is 3. The van der Waals surface area contributed by atoms with Crippen molar-refractivity contribution in [2.75, 3.05) is 10.6 Å². The predicted molar refractivity (Wildman–Crippen MR) is 122 cm³/mol. The van der Waals surface area contributed by atoms with E-state index in [9.17, 15) is 4.79 Å². The molecule has 0 bridgehead atoms. The fraction of sp³-hybridized carbons (Fsp3) is 0.0435. The van der Waals surface area contributed by atoms with Gasteiger partial charge in [0.1, 0.15) is 0 Å². The first-order valence-electron chi connectivity index (χ1n) is 9.41. The summed E-state index contributed by atoms with van der Waals surface area (Å²) >= 11 is 1.56. The predicted octanol–water partition coefficient (Wildman–Crippen LogP) is 5.54. The summed E-state index contributed by atoms with van der Waals surface area (Å²) in [6, 6.07) is 21.0. The smallest absolute Gasteiger partial charge is 0.278 e. The first kappa shape index (κ1) is 18.2. The number of hydrogen-bond donors (Lipinski definition) is 2. The lowest BCUT2D eigenvalue weighted by molar-refractivity contribution is 0.102. The molecule has 0 aliphatic carbocycles. The number of nitrogens with one attached hydrogen (secondary N) is 2. The molecular formula is C23H17N5OS. The number of carbonyl (C=O) groups excluding carboxylic acids is 1. The molecule has 0 aliphatic rings. The standard InChI is InChI=1S/C23H17N5OS/c1-14-6-8-15(9-7-14)26-23(29)21-22(28-18-5-3-2-4-17(18)27-21)25-16-10-11-19-20(12-16)30-13-24-19/h2-13H,1H3,(H,25,28)(H,26,29). The van der Waals surface area contributed by atoms with E-state index in [1.807, 2.05) is 79.2 Å². The van der Waals surface area contributed by atoms with Crippen molar-refractivity contribution in [2.24, 2.45) is 0 Å². The molecule has 0 saturated carbocycles. The summed E-state index contributed by atoms with van der Waals surface area (Å²) in [5.74, 6) is 0.0839. The Bertz CT molecular complexity index is 1380. The van der Waals surface area contributed by atoms with Gasteiger partial charge in [0.05, 0.1) is 26.8 Å². The highest BCUT2D eigenvalue weighted by Crippen LogP contribution is 2.26. The van der Waals surface area contributed by atoms with Gasteiger partial charge in [0, 0.05) is 11.4 Å². The number of amides is 1. The molecule has 146 valence electrons. The number of fused-ring (bicyclic) bond motifs is 2. The number of aryl methyl sites for hydroxylation is 1. The number of aromatic nitrogens is 3. The lowest BCUT2D eigenvalue weighted by atomic mass is 10.2. The lowest BCUT2D eigenvalue weighted by Crippen LogP contribution is -2.17. The zero-order valence-corrected chi connectivity index (χ0v) is 16.9. The number of para-hydroxylation sites is 2. The van der Waals surface area contributed by atoms with Gasteiger partial charge in [-0.2, -0.15) is 0 Å². The van der Waals surface area contributed by atoms with Crippen LogP contribution in [0.2, 0.25) is 0 Å². The van der Waals surface area contributed by atoms with Crippen LogP contribution in [0.3, 0.4) is 0 Å². The molecule has 0 aliphatic heterocycles. The maximum absolute atomic E-state index is 13.1. The minimum absolute atomic E-state index is 0.235. The molecule has 0 saturated heterocycles. The van der Waals surface area contributed by atoms with Crippen LogP contribution in [-0.4, -0.2) is 20.9 Å². The van der Waals surface area contributed by atoms with Crippen LogP contribution >= 0.6 is 11.3 Å². The van der Waals surface area contributed by atoms with Gasteiger partial charge in [-0.1, -0.05) is 29.8 Å². The first-order chi connectivity index (χ1) is 14.7. The van der Waals surface area contributed by atoms with Crippen LogP contribution < -0.4 is 10.6 Å². The molecule has 0 fully saturated rings. The second-order valence-electron chi connectivity index (χ2n) is 6.89.